The normalized spacial score (nSPS) is 11.1. The van der Waals surface area contributed by atoms with Gasteiger partial charge in [-0.3, -0.25) is 9.48 Å². The molecule has 0 aliphatic rings. The topological polar surface area (TPSA) is 77.3 Å². The molecule has 1 rings (SSSR count). The molecule has 1 aromatic rings. The van der Waals surface area contributed by atoms with E-state index in [4.69, 9.17) is 4.74 Å². The van der Waals surface area contributed by atoms with Gasteiger partial charge in [0, 0.05) is 13.6 Å². The van der Waals surface area contributed by atoms with Gasteiger partial charge >= 0.3 is 6.09 Å². The van der Waals surface area contributed by atoms with Crippen molar-refractivity contribution in [3.8, 4) is 0 Å². The fraction of sp³-hybridized carbons (Fsp3) is 0.636. The molecule has 0 aliphatic heterocycles. The molecule has 0 radical (unpaired) electrons. The number of aromatic nitrogens is 3. The largest absolute Gasteiger partial charge is 0.444 e. The van der Waals surface area contributed by atoms with Crippen molar-refractivity contribution in [3.05, 3.63) is 11.9 Å². The summed E-state index contributed by atoms with van der Waals surface area (Å²) in [7, 11) is 1.64. The summed E-state index contributed by atoms with van der Waals surface area (Å²) < 4.78 is 6.70. The van der Waals surface area contributed by atoms with Gasteiger partial charge < -0.3 is 9.64 Å². The maximum Gasteiger partial charge on any atom is 0.410 e. The van der Waals surface area contributed by atoms with Gasteiger partial charge in [0.1, 0.15) is 11.3 Å². The van der Waals surface area contributed by atoms with Gasteiger partial charge in [0.25, 0.3) is 0 Å². The molecule has 0 bridgehead atoms. The molecule has 0 unspecified atom stereocenters. The number of aldehydes is 1. The highest BCUT2D eigenvalue weighted by Crippen LogP contribution is 2.08. The van der Waals surface area contributed by atoms with Crippen LogP contribution in [0.4, 0.5) is 4.79 Å². The highest BCUT2D eigenvalue weighted by Gasteiger charge is 2.19. The van der Waals surface area contributed by atoms with Crippen molar-refractivity contribution in [1.29, 1.82) is 0 Å². The molecule has 100 valence electrons. The molecule has 1 heterocycles. The van der Waals surface area contributed by atoms with Crippen LogP contribution >= 0.6 is 0 Å². The second kappa shape index (κ2) is 5.61. The summed E-state index contributed by atoms with van der Waals surface area (Å²) in [6.45, 7) is 6.32. The third-order valence-electron chi connectivity index (χ3n) is 2.05. The van der Waals surface area contributed by atoms with Gasteiger partial charge in [0.05, 0.1) is 12.7 Å². The standard InChI is InChI=1S/C11H18N4O3/c1-11(2,3)18-10(17)14(4)5-6-15-7-9(8-16)12-13-15/h7-8H,5-6H2,1-4H3. The Hall–Kier alpha value is -1.92. The Morgan fingerprint density at radius 1 is 1.56 bits per heavy atom. The Balaban J connectivity index is 2.43. The molecule has 0 aliphatic carbocycles. The van der Waals surface area contributed by atoms with E-state index < -0.39 is 11.7 Å². The van der Waals surface area contributed by atoms with Gasteiger partial charge in [-0.2, -0.15) is 0 Å². The Morgan fingerprint density at radius 2 is 2.22 bits per heavy atom. The quantitative estimate of drug-likeness (QED) is 0.748. The van der Waals surface area contributed by atoms with E-state index in [0.29, 0.717) is 19.4 Å². The van der Waals surface area contributed by atoms with E-state index in [0.717, 1.165) is 0 Å². The lowest BCUT2D eigenvalue weighted by Crippen LogP contribution is -2.36. The molecule has 0 fully saturated rings. The van der Waals surface area contributed by atoms with Crippen LogP contribution in [0.15, 0.2) is 6.20 Å². The molecule has 0 aromatic carbocycles. The summed E-state index contributed by atoms with van der Waals surface area (Å²) in [5, 5.41) is 7.38. The fourth-order valence-electron chi connectivity index (χ4n) is 1.16. The molecule has 0 saturated carbocycles. The number of ether oxygens (including phenoxy) is 1. The fourth-order valence-corrected chi connectivity index (χ4v) is 1.16. The smallest absolute Gasteiger partial charge is 0.410 e. The van der Waals surface area contributed by atoms with Crippen LogP contribution in [0.2, 0.25) is 0 Å². The SMILES string of the molecule is CN(CCn1cc(C=O)nn1)C(=O)OC(C)(C)C. The number of amides is 1. The first-order valence-corrected chi connectivity index (χ1v) is 5.61. The van der Waals surface area contributed by atoms with Crippen molar-refractivity contribution in [2.75, 3.05) is 13.6 Å². The molecular weight excluding hydrogens is 236 g/mol. The van der Waals surface area contributed by atoms with Gasteiger partial charge in [0.15, 0.2) is 6.29 Å². The van der Waals surface area contributed by atoms with Crippen molar-refractivity contribution >= 4 is 12.4 Å². The van der Waals surface area contributed by atoms with E-state index in [-0.39, 0.29) is 5.69 Å². The number of hydrogen-bond donors (Lipinski definition) is 0. The lowest BCUT2D eigenvalue weighted by molar-refractivity contribution is 0.0292. The minimum Gasteiger partial charge on any atom is -0.444 e. The van der Waals surface area contributed by atoms with Crippen LogP contribution in [-0.4, -0.2) is 51.5 Å². The van der Waals surface area contributed by atoms with E-state index in [1.54, 1.807) is 7.05 Å². The molecule has 0 spiro atoms. The van der Waals surface area contributed by atoms with Gasteiger partial charge in [-0.15, -0.1) is 5.10 Å². The molecule has 7 heteroatoms. The monoisotopic (exact) mass is 254 g/mol. The molecule has 0 N–H and O–H groups in total. The zero-order chi connectivity index (χ0) is 13.8. The van der Waals surface area contributed by atoms with Crippen LogP contribution in [0.5, 0.6) is 0 Å². The minimum absolute atomic E-state index is 0.273. The van der Waals surface area contributed by atoms with Crippen molar-refractivity contribution in [1.82, 2.24) is 19.9 Å². The molecule has 1 aromatic heterocycles. The number of nitrogens with zero attached hydrogens (tertiary/aromatic N) is 4. The van der Waals surface area contributed by atoms with E-state index in [1.165, 1.54) is 15.8 Å². The third kappa shape index (κ3) is 4.52. The lowest BCUT2D eigenvalue weighted by Gasteiger charge is -2.24. The predicted octanol–water partition coefficient (Wildman–Crippen LogP) is 0.957. The zero-order valence-electron chi connectivity index (χ0n) is 11.1. The first-order valence-electron chi connectivity index (χ1n) is 5.61. The molecule has 7 nitrogen and oxygen atoms in total. The van der Waals surface area contributed by atoms with E-state index in [2.05, 4.69) is 10.3 Å². The number of carbonyl (C=O) groups excluding carboxylic acids is 2. The first-order chi connectivity index (χ1) is 8.31. The zero-order valence-corrected chi connectivity index (χ0v) is 11.1. The van der Waals surface area contributed by atoms with Crippen LogP contribution in [0, 0.1) is 0 Å². The molecular formula is C11H18N4O3. The summed E-state index contributed by atoms with van der Waals surface area (Å²) >= 11 is 0. The van der Waals surface area contributed by atoms with Crippen LogP contribution in [-0.2, 0) is 11.3 Å². The summed E-state index contributed by atoms with van der Waals surface area (Å²) in [5.41, 5.74) is -0.238. The summed E-state index contributed by atoms with van der Waals surface area (Å²) in [6, 6.07) is 0. The average molecular weight is 254 g/mol. The summed E-state index contributed by atoms with van der Waals surface area (Å²) in [6.07, 6.45) is 1.76. The summed E-state index contributed by atoms with van der Waals surface area (Å²) in [4.78, 5) is 23.5. The van der Waals surface area contributed by atoms with Gasteiger partial charge in [-0.05, 0) is 20.8 Å². The minimum atomic E-state index is -0.511. The van der Waals surface area contributed by atoms with E-state index in [1.807, 2.05) is 20.8 Å². The maximum absolute atomic E-state index is 11.6. The van der Waals surface area contributed by atoms with Crippen LogP contribution in [0.3, 0.4) is 0 Å². The number of likely N-dealkylation sites (N-methyl/N-ethyl adjacent to an activating group) is 1. The van der Waals surface area contributed by atoms with Crippen LogP contribution in [0.1, 0.15) is 31.3 Å². The van der Waals surface area contributed by atoms with Gasteiger partial charge in [-0.1, -0.05) is 5.21 Å². The first kappa shape index (κ1) is 14.1. The highest BCUT2D eigenvalue weighted by atomic mass is 16.6. The average Bonchev–Trinajstić information content (AvgIpc) is 2.71. The van der Waals surface area contributed by atoms with Gasteiger partial charge in [-0.25, -0.2) is 4.79 Å². The second-order valence-corrected chi connectivity index (χ2v) is 4.93. The Kier molecular flexibility index (Phi) is 4.41. The van der Waals surface area contributed by atoms with Gasteiger partial charge in [0.2, 0.25) is 0 Å². The third-order valence-corrected chi connectivity index (χ3v) is 2.05. The Morgan fingerprint density at radius 3 is 2.72 bits per heavy atom. The maximum atomic E-state index is 11.6. The highest BCUT2D eigenvalue weighted by molar-refractivity contribution is 5.70. The van der Waals surface area contributed by atoms with Crippen molar-refractivity contribution < 1.29 is 14.3 Å². The van der Waals surface area contributed by atoms with Crippen LogP contribution < -0.4 is 0 Å². The Labute approximate surface area is 106 Å². The van der Waals surface area contributed by atoms with E-state index >= 15 is 0 Å². The van der Waals surface area contributed by atoms with Crippen molar-refractivity contribution in [2.24, 2.45) is 0 Å². The number of hydrogen-bond acceptors (Lipinski definition) is 5. The number of carbonyl (C=O) groups is 2. The molecule has 0 atom stereocenters. The predicted molar refractivity (Wildman–Crippen MR) is 64.3 cm³/mol. The number of rotatable bonds is 4. The van der Waals surface area contributed by atoms with Crippen molar-refractivity contribution in [3.63, 3.8) is 0 Å². The molecule has 1 amide bonds. The second-order valence-electron chi connectivity index (χ2n) is 4.93. The Bertz CT molecular complexity index is 422. The molecule has 0 saturated heterocycles. The molecule has 18 heavy (non-hydrogen) atoms. The van der Waals surface area contributed by atoms with E-state index in [9.17, 15) is 9.59 Å². The van der Waals surface area contributed by atoms with Crippen LogP contribution in [0.25, 0.3) is 0 Å². The summed E-state index contributed by atoms with van der Waals surface area (Å²) in [5.74, 6) is 0. The lowest BCUT2D eigenvalue weighted by atomic mass is 10.2. The van der Waals surface area contributed by atoms with Crippen molar-refractivity contribution in [2.45, 2.75) is 32.9 Å².